The summed E-state index contributed by atoms with van der Waals surface area (Å²) in [6.07, 6.45) is 7.73. The topological polar surface area (TPSA) is 80.5 Å². The van der Waals surface area contributed by atoms with Gasteiger partial charge in [0.05, 0.1) is 23.2 Å². The molecule has 0 unspecified atom stereocenters. The van der Waals surface area contributed by atoms with Crippen molar-refractivity contribution in [3.8, 4) is 6.07 Å². The van der Waals surface area contributed by atoms with E-state index in [1.54, 1.807) is 12.3 Å². The maximum atomic E-state index is 13.3. The molecule has 3 heterocycles. The van der Waals surface area contributed by atoms with Crippen molar-refractivity contribution in [3.63, 3.8) is 0 Å². The minimum Gasteiger partial charge on any atom is -0.393 e. The van der Waals surface area contributed by atoms with E-state index >= 15 is 0 Å². The number of aromatic nitrogens is 1. The lowest BCUT2D eigenvalue weighted by Gasteiger charge is -2.41. The fourth-order valence-corrected chi connectivity index (χ4v) is 4.93. The number of carbonyl (C=O) groups is 1. The van der Waals surface area contributed by atoms with Crippen molar-refractivity contribution >= 4 is 11.7 Å². The second-order valence-corrected chi connectivity index (χ2v) is 8.03. The number of hydrogen-bond donors (Lipinski definition) is 1. The molecule has 4 rings (SSSR count). The molecule has 1 aromatic rings. The van der Waals surface area contributed by atoms with Gasteiger partial charge in [-0.3, -0.25) is 4.79 Å². The summed E-state index contributed by atoms with van der Waals surface area (Å²) in [5.74, 6) is 1.09. The van der Waals surface area contributed by atoms with Crippen LogP contribution in [0.15, 0.2) is 18.3 Å². The molecule has 1 aromatic heterocycles. The lowest BCUT2D eigenvalue weighted by atomic mass is 9.78. The summed E-state index contributed by atoms with van der Waals surface area (Å²) in [5, 5.41) is 18.9. The number of amides is 1. The van der Waals surface area contributed by atoms with Crippen LogP contribution in [0.5, 0.6) is 0 Å². The van der Waals surface area contributed by atoms with Crippen LogP contribution in [0.25, 0.3) is 0 Å². The molecule has 1 spiro atoms. The summed E-state index contributed by atoms with van der Waals surface area (Å²) in [5.41, 5.74) is 0.299. The number of hydrogen-bond acceptors (Lipinski definition) is 5. The van der Waals surface area contributed by atoms with Gasteiger partial charge in [-0.15, -0.1) is 0 Å². The van der Waals surface area contributed by atoms with Gasteiger partial charge in [-0.2, -0.15) is 5.26 Å². The van der Waals surface area contributed by atoms with Crippen molar-refractivity contribution in [1.82, 2.24) is 9.88 Å². The fourth-order valence-electron chi connectivity index (χ4n) is 4.93. The lowest BCUT2D eigenvalue weighted by Crippen LogP contribution is -2.50. The van der Waals surface area contributed by atoms with Crippen LogP contribution in [0, 0.1) is 16.7 Å². The van der Waals surface area contributed by atoms with Crippen LogP contribution in [0.4, 0.5) is 5.82 Å². The van der Waals surface area contributed by atoms with E-state index in [1.165, 1.54) is 0 Å². The molecule has 3 fully saturated rings. The van der Waals surface area contributed by atoms with E-state index in [9.17, 15) is 9.90 Å². The van der Waals surface area contributed by atoms with Crippen molar-refractivity contribution in [1.29, 1.82) is 5.26 Å². The van der Waals surface area contributed by atoms with Gasteiger partial charge in [-0.05, 0) is 57.1 Å². The highest BCUT2D eigenvalue weighted by Crippen LogP contribution is 2.43. The molecule has 0 bridgehead atoms. The molecule has 6 heteroatoms. The van der Waals surface area contributed by atoms with E-state index < -0.39 is 0 Å². The average Bonchev–Trinajstić information content (AvgIpc) is 2.98. The number of aliphatic hydroxyl groups is 1. The summed E-state index contributed by atoms with van der Waals surface area (Å²) >= 11 is 0. The Labute approximate surface area is 154 Å². The second-order valence-electron chi connectivity index (χ2n) is 8.03. The van der Waals surface area contributed by atoms with Crippen molar-refractivity contribution in [2.45, 2.75) is 57.1 Å². The van der Waals surface area contributed by atoms with Crippen LogP contribution in [0.2, 0.25) is 0 Å². The number of pyridine rings is 1. The number of anilines is 1. The first-order chi connectivity index (χ1) is 12.6. The Kier molecular flexibility index (Phi) is 4.58. The van der Waals surface area contributed by atoms with Crippen LogP contribution >= 0.6 is 0 Å². The molecule has 0 radical (unpaired) electrons. The summed E-state index contributed by atoms with van der Waals surface area (Å²) in [6.45, 7) is 2.41. The third kappa shape index (κ3) is 3.05. The monoisotopic (exact) mass is 354 g/mol. The standard InChI is InChI=1S/C20H26N4O2/c21-13-15-6-9-22-18(12-15)23-10-1-7-20(14-23)8-11-24(19(20)26)16-2-4-17(25)5-3-16/h6,9,12,16-17,25H,1-5,7-8,10-11,14H2/t16?,17?,20-/m1/s1. The average molecular weight is 354 g/mol. The fraction of sp³-hybridized carbons (Fsp3) is 0.650. The zero-order chi connectivity index (χ0) is 18.1. The van der Waals surface area contributed by atoms with Crippen molar-refractivity contribution in [2.75, 3.05) is 24.5 Å². The largest absolute Gasteiger partial charge is 0.393 e. The van der Waals surface area contributed by atoms with E-state index in [0.29, 0.717) is 24.1 Å². The Morgan fingerprint density at radius 1 is 1.23 bits per heavy atom. The van der Waals surface area contributed by atoms with E-state index in [2.05, 4.69) is 20.9 Å². The van der Waals surface area contributed by atoms with Gasteiger partial charge in [0.1, 0.15) is 5.82 Å². The summed E-state index contributed by atoms with van der Waals surface area (Å²) in [6, 6.07) is 5.99. The summed E-state index contributed by atoms with van der Waals surface area (Å²) in [4.78, 5) is 22.0. The molecule has 1 atom stereocenters. The van der Waals surface area contributed by atoms with Gasteiger partial charge in [0.2, 0.25) is 5.91 Å². The number of aliphatic hydroxyl groups excluding tert-OH is 1. The third-order valence-corrected chi connectivity index (χ3v) is 6.43. The maximum Gasteiger partial charge on any atom is 0.230 e. The molecule has 26 heavy (non-hydrogen) atoms. The highest BCUT2D eigenvalue weighted by molar-refractivity contribution is 5.86. The highest BCUT2D eigenvalue weighted by atomic mass is 16.3. The number of nitriles is 1. The molecule has 1 aliphatic carbocycles. The number of carbonyl (C=O) groups excluding carboxylic acids is 1. The van der Waals surface area contributed by atoms with Gasteiger partial charge in [-0.25, -0.2) is 4.98 Å². The van der Waals surface area contributed by atoms with Crippen LogP contribution in [0.1, 0.15) is 50.5 Å². The normalized spacial score (nSPS) is 32.1. The van der Waals surface area contributed by atoms with Gasteiger partial charge in [0.25, 0.3) is 0 Å². The Hall–Kier alpha value is -2.13. The van der Waals surface area contributed by atoms with Crippen LogP contribution in [-0.2, 0) is 4.79 Å². The van der Waals surface area contributed by atoms with E-state index in [1.807, 2.05) is 6.07 Å². The van der Waals surface area contributed by atoms with Crippen LogP contribution in [0.3, 0.4) is 0 Å². The minimum atomic E-state index is -0.307. The number of piperidine rings is 1. The van der Waals surface area contributed by atoms with E-state index in [-0.39, 0.29) is 11.5 Å². The first kappa shape index (κ1) is 17.3. The third-order valence-electron chi connectivity index (χ3n) is 6.43. The predicted molar refractivity (Wildman–Crippen MR) is 97.4 cm³/mol. The Morgan fingerprint density at radius 2 is 2.04 bits per heavy atom. The molecule has 2 aliphatic heterocycles. The molecule has 1 amide bonds. The first-order valence-electron chi connectivity index (χ1n) is 9.71. The molecule has 1 N–H and O–H groups in total. The van der Waals surface area contributed by atoms with E-state index in [0.717, 1.165) is 63.9 Å². The quantitative estimate of drug-likeness (QED) is 0.879. The van der Waals surface area contributed by atoms with E-state index in [4.69, 9.17) is 5.26 Å². The van der Waals surface area contributed by atoms with Crippen molar-refractivity contribution in [2.24, 2.45) is 5.41 Å². The molecular formula is C20H26N4O2. The van der Waals surface area contributed by atoms with Gasteiger partial charge in [-0.1, -0.05) is 0 Å². The van der Waals surface area contributed by atoms with Crippen LogP contribution in [-0.4, -0.2) is 52.7 Å². The molecule has 3 aliphatic rings. The summed E-state index contributed by atoms with van der Waals surface area (Å²) in [7, 11) is 0. The maximum absolute atomic E-state index is 13.3. The first-order valence-corrected chi connectivity index (χ1v) is 9.71. The molecule has 1 saturated carbocycles. The SMILES string of the molecule is N#Cc1ccnc(N2CCC[C@@]3(CCN(C4CCC(O)CC4)C3=O)C2)c1. The zero-order valence-electron chi connectivity index (χ0n) is 15.1. The second kappa shape index (κ2) is 6.88. The molecule has 2 saturated heterocycles. The Balaban J connectivity index is 1.50. The smallest absolute Gasteiger partial charge is 0.230 e. The van der Waals surface area contributed by atoms with Gasteiger partial charge < -0.3 is 14.9 Å². The molecule has 138 valence electrons. The number of rotatable bonds is 2. The molecular weight excluding hydrogens is 328 g/mol. The number of nitrogens with zero attached hydrogens (tertiary/aromatic N) is 4. The van der Waals surface area contributed by atoms with Gasteiger partial charge in [0.15, 0.2) is 0 Å². The summed E-state index contributed by atoms with van der Waals surface area (Å²) < 4.78 is 0. The van der Waals surface area contributed by atoms with Crippen molar-refractivity contribution < 1.29 is 9.90 Å². The zero-order valence-corrected chi connectivity index (χ0v) is 15.1. The lowest BCUT2D eigenvalue weighted by molar-refractivity contribution is -0.139. The highest BCUT2D eigenvalue weighted by Gasteiger charge is 2.50. The predicted octanol–water partition coefficient (Wildman–Crippen LogP) is 2.08. The molecule has 0 aromatic carbocycles. The van der Waals surface area contributed by atoms with Gasteiger partial charge >= 0.3 is 0 Å². The number of likely N-dealkylation sites (tertiary alicyclic amines) is 1. The Bertz CT molecular complexity index is 723. The Morgan fingerprint density at radius 3 is 2.81 bits per heavy atom. The van der Waals surface area contributed by atoms with Crippen LogP contribution < -0.4 is 4.90 Å². The van der Waals surface area contributed by atoms with Crippen molar-refractivity contribution in [3.05, 3.63) is 23.9 Å². The molecule has 6 nitrogen and oxygen atoms in total. The van der Waals surface area contributed by atoms with Gasteiger partial charge in [0, 0.05) is 31.9 Å². The minimum absolute atomic E-state index is 0.193.